The molecule has 0 radical (unpaired) electrons. The SMILES string of the molecule is CN(c1ccccc1C(=O)Nc1ccc(S(=O)(=O)Nc2cccc(C(F)(F)F)c2)cc1)S(=O)(=O)c1ccccc1. The molecule has 0 aromatic heterocycles. The summed E-state index contributed by atoms with van der Waals surface area (Å²) in [5, 5.41) is 2.60. The van der Waals surface area contributed by atoms with Crippen molar-refractivity contribution in [3.63, 3.8) is 0 Å². The molecule has 4 rings (SSSR count). The number of hydrogen-bond donors (Lipinski definition) is 2. The van der Waals surface area contributed by atoms with Gasteiger partial charge in [-0.25, -0.2) is 16.8 Å². The highest BCUT2D eigenvalue weighted by molar-refractivity contribution is 7.93. The molecule has 0 aliphatic heterocycles. The molecule has 8 nitrogen and oxygen atoms in total. The van der Waals surface area contributed by atoms with Gasteiger partial charge in [0.15, 0.2) is 0 Å². The van der Waals surface area contributed by atoms with Crippen molar-refractivity contribution in [2.75, 3.05) is 21.4 Å². The first-order valence-corrected chi connectivity index (χ1v) is 14.5. The van der Waals surface area contributed by atoms with Crippen LogP contribution in [0.5, 0.6) is 0 Å². The number of amides is 1. The van der Waals surface area contributed by atoms with Crippen molar-refractivity contribution in [2.45, 2.75) is 16.0 Å². The lowest BCUT2D eigenvalue weighted by Gasteiger charge is -2.22. The topological polar surface area (TPSA) is 113 Å². The number of rotatable bonds is 8. The highest BCUT2D eigenvalue weighted by Gasteiger charge is 2.31. The number of carbonyl (C=O) groups is 1. The number of para-hydroxylation sites is 1. The number of halogens is 3. The Morgan fingerprint density at radius 3 is 2.00 bits per heavy atom. The summed E-state index contributed by atoms with van der Waals surface area (Å²) < 4.78 is 93.5. The second-order valence-electron chi connectivity index (χ2n) is 8.47. The molecular weight excluding hydrogens is 567 g/mol. The first kappa shape index (κ1) is 28.6. The Morgan fingerprint density at radius 2 is 1.35 bits per heavy atom. The zero-order chi connectivity index (χ0) is 29.1. The second kappa shape index (κ2) is 11.0. The molecule has 0 aliphatic rings. The van der Waals surface area contributed by atoms with Gasteiger partial charge in [0.25, 0.3) is 26.0 Å². The summed E-state index contributed by atoms with van der Waals surface area (Å²) in [4.78, 5) is 12.9. The van der Waals surface area contributed by atoms with Crippen LogP contribution in [0.25, 0.3) is 0 Å². The molecule has 0 aliphatic carbocycles. The quantitative estimate of drug-likeness (QED) is 0.279. The lowest BCUT2D eigenvalue weighted by molar-refractivity contribution is -0.137. The summed E-state index contributed by atoms with van der Waals surface area (Å²) in [6.45, 7) is 0. The van der Waals surface area contributed by atoms with Gasteiger partial charge in [0.05, 0.1) is 26.6 Å². The molecule has 0 saturated heterocycles. The molecule has 40 heavy (non-hydrogen) atoms. The molecule has 4 aromatic rings. The lowest BCUT2D eigenvalue weighted by Crippen LogP contribution is -2.29. The smallest absolute Gasteiger partial charge is 0.322 e. The van der Waals surface area contributed by atoms with Crippen LogP contribution < -0.4 is 14.3 Å². The Labute approximate surface area is 229 Å². The van der Waals surface area contributed by atoms with Crippen LogP contribution >= 0.6 is 0 Å². The van der Waals surface area contributed by atoms with Gasteiger partial charge in [-0.3, -0.25) is 13.8 Å². The van der Waals surface area contributed by atoms with Gasteiger partial charge >= 0.3 is 6.18 Å². The van der Waals surface area contributed by atoms with E-state index in [4.69, 9.17) is 0 Å². The largest absolute Gasteiger partial charge is 0.416 e. The van der Waals surface area contributed by atoms with Crippen LogP contribution in [0.15, 0.2) is 113 Å². The highest BCUT2D eigenvalue weighted by Crippen LogP contribution is 2.31. The molecule has 13 heteroatoms. The number of nitrogens with one attached hydrogen (secondary N) is 2. The van der Waals surface area contributed by atoms with E-state index in [1.54, 1.807) is 30.3 Å². The van der Waals surface area contributed by atoms with Gasteiger partial charge in [-0.1, -0.05) is 36.4 Å². The summed E-state index contributed by atoms with van der Waals surface area (Å²) in [5.41, 5.74) is -0.904. The van der Waals surface area contributed by atoms with Crippen molar-refractivity contribution in [2.24, 2.45) is 0 Å². The minimum Gasteiger partial charge on any atom is -0.322 e. The summed E-state index contributed by atoms with van der Waals surface area (Å²) in [7, 11) is -6.87. The molecule has 4 aromatic carbocycles. The first-order valence-electron chi connectivity index (χ1n) is 11.5. The molecule has 0 saturated carbocycles. The van der Waals surface area contributed by atoms with E-state index >= 15 is 0 Å². The van der Waals surface area contributed by atoms with E-state index in [1.165, 1.54) is 61.6 Å². The fourth-order valence-corrected chi connectivity index (χ4v) is 5.99. The van der Waals surface area contributed by atoms with Crippen molar-refractivity contribution >= 4 is 43.0 Å². The Balaban J connectivity index is 1.52. The van der Waals surface area contributed by atoms with Crippen LogP contribution in [0.1, 0.15) is 15.9 Å². The maximum atomic E-state index is 13.1. The fraction of sp³-hybridized carbons (Fsp3) is 0.0741. The Bertz CT molecular complexity index is 1740. The van der Waals surface area contributed by atoms with E-state index in [9.17, 15) is 34.8 Å². The van der Waals surface area contributed by atoms with Crippen LogP contribution in [0, 0.1) is 0 Å². The van der Waals surface area contributed by atoms with Crippen LogP contribution in [0.3, 0.4) is 0 Å². The first-order chi connectivity index (χ1) is 18.8. The molecule has 0 fully saturated rings. The van der Waals surface area contributed by atoms with Crippen molar-refractivity contribution in [1.29, 1.82) is 0 Å². The molecule has 0 unspecified atom stereocenters. The average molecular weight is 590 g/mol. The third-order valence-electron chi connectivity index (χ3n) is 5.75. The predicted octanol–water partition coefficient (Wildman–Crippen LogP) is 5.58. The number of nitrogens with zero attached hydrogens (tertiary/aromatic N) is 1. The third kappa shape index (κ3) is 6.26. The minimum absolute atomic E-state index is 0.0447. The number of sulfonamides is 2. The number of hydrogen-bond acceptors (Lipinski definition) is 5. The number of anilines is 3. The van der Waals surface area contributed by atoms with E-state index in [2.05, 4.69) is 10.0 Å². The highest BCUT2D eigenvalue weighted by atomic mass is 32.2. The van der Waals surface area contributed by atoms with Gasteiger partial charge in [0.1, 0.15) is 0 Å². The Kier molecular flexibility index (Phi) is 7.89. The second-order valence-corrected chi connectivity index (χ2v) is 12.1. The van der Waals surface area contributed by atoms with Gasteiger partial charge in [0.2, 0.25) is 0 Å². The number of benzene rings is 4. The van der Waals surface area contributed by atoms with Crippen LogP contribution in [0.4, 0.5) is 30.2 Å². The molecule has 2 N–H and O–H groups in total. The van der Waals surface area contributed by atoms with Crippen molar-refractivity contribution in [3.05, 3.63) is 114 Å². The van der Waals surface area contributed by atoms with Crippen molar-refractivity contribution in [1.82, 2.24) is 0 Å². The van der Waals surface area contributed by atoms with E-state index in [0.29, 0.717) is 6.07 Å². The predicted molar refractivity (Wildman–Crippen MR) is 145 cm³/mol. The van der Waals surface area contributed by atoms with Gasteiger partial charge in [0, 0.05) is 18.4 Å². The molecule has 0 heterocycles. The summed E-state index contributed by atoms with van der Waals surface area (Å²) in [5.74, 6) is -0.650. The molecule has 208 valence electrons. The Morgan fingerprint density at radius 1 is 0.725 bits per heavy atom. The van der Waals surface area contributed by atoms with Gasteiger partial charge in [-0.2, -0.15) is 13.2 Å². The Hall–Kier alpha value is -4.36. The molecule has 0 atom stereocenters. The van der Waals surface area contributed by atoms with Crippen LogP contribution in [-0.4, -0.2) is 29.8 Å². The van der Waals surface area contributed by atoms with Crippen molar-refractivity contribution < 1.29 is 34.8 Å². The zero-order valence-electron chi connectivity index (χ0n) is 20.8. The maximum absolute atomic E-state index is 13.1. The van der Waals surface area contributed by atoms with Crippen molar-refractivity contribution in [3.8, 4) is 0 Å². The van der Waals surface area contributed by atoms with Gasteiger partial charge in [-0.15, -0.1) is 0 Å². The standard InChI is InChI=1S/C27H22F3N3O5S2/c1-33(40(37,38)23-10-3-2-4-11-23)25-13-6-5-12-24(25)26(34)31-20-14-16-22(17-15-20)39(35,36)32-21-9-7-8-19(18-21)27(28,29)30/h2-18,32H,1H3,(H,31,34). The van der Waals surface area contributed by atoms with E-state index < -0.39 is 37.7 Å². The normalized spacial score (nSPS) is 12.0. The van der Waals surface area contributed by atoms with E-state index in [1.807, 2.05) is 0 Å². The van der Waals surface area contributed by atoms with Gasteiger partial charge in [-0.05, 0) is 66.7 Å². The zero-order valence-corrected chi connectivity index (χ0v) is 22.4. The number of carbonyl (C=O) groups excluding carboxylic acids is 1. The lowest BCUT2D eigenvalue weighted by atomic mass is 10.1. The summed E-state index contributed by atoms with van der Waals surface area (Å²) in [6, 6.07) is 22.5. The fourth-order valence-electron chi connectivity index (χ4n) is 3.71. The third-order valence-corrected chi connectivity index (χ3v) is 8.94. The van der Waals surface area contributed by atoms with Crippen LogP contribution in [0.2, 0.25) is 0 Å². The van der Waals surface area contributed by atoms with Gasteiger partial charge < -0.3 is 5.32 Å². The molecule has 0 bridgehead atoms. The minimum atomic E-state index is -4.64. The van der Waals surface area contributed by atoms with E-state index in [-0.39, 0.29) is 32.4 Å². The van der Waals surface area contributed by atoms with E-state index in [0.717, 1.165) is 16.4 Å². The molecular formula is C27H22F3N3O5S2. The summed E-state index contributed by atoms with van der Waals surface area (Å²) in [6.07, 6.45) is -4.64. The monoisotopic (exact) mass is 589 g/mol. The summed E-state index contributed by atoms with van der Waals surface area (Å²) >= 11 is 0. The molecule has 0 spiro atoms. The maximum Gasteiger partial charge on any atom is 0.416 e. The molecule has 1 amide bonds. The van der Waals surface area contributed by atoms with Crippen LogP contribution in [-0.2, 0) is 26.2 Å². The number of alkyl halides is 3. The average Bonchev–Trinajstić information content (AvgIpc) is 2.93.